The maximum absolute atomic E-state index is 13.0. The summed E-state index contributed by atoms with van der Waals surface area (Å²) in [6, 6.07) is 19.4. The summed E-state index contributed by atoms with van der Waals surface area (Å²) < 4.78 is 1.79. The molecule has 27 heavy (non-hydrogen) atoms. The number of benzene rings is 2. The highest BCUT2D eigenvalue weighted by Crippen LogP contribution is 2.25. The SMILES string of the molecule is Cc1ccc(NC(=O)c2cc(C)nc3c2c(C)nn3-c2ccccc2)cc1. The summed E-state index contributed by atoms with van der Waals surface area (Å²) in [6.07, 6.45) is 0. The minimum atomic E-state index is -0.162. The molecule has 4 aromatic rings. The highest BCUT2D eigenvalue weighted by Gasteiger charge is 2.19. The van der Waals surface area contributed by atoms with Gasteiger partial charge in [-0.3, -0.25) is 4.79 Å². The molecule has 0 aliphatic heterocycles. The zero-order chi connectivity index (χ0) is 19.0. The molecule has 5 heteroatoms. The highest BCUT2D eigenvalue weighted by molar-refractivity contribution is 6.12. The lowest BCUT2D eigenvalue weighted by atomic mass is 10.1. The molecule has 134 valence electrons. The fourth-order valence-electron chi connectivity index (χ4n) is 3.18. The maximum atomic E-state index is 13.0. The first kappa shape index (κ1) is 17.0. The first-order valence-electron chi connectivity index (χ1n) is 8.83. The number of amides is 1. The van der Waals surface area contributed by atoms with E-state index >= 15 is 0 Å². The molecule has 2 aromatic heterocycles. The molecule has 5 nitrogen and oxygen atoms in total. The first-order chi connectivity index (χ1) is 13.0. The number of carbonyl (C=O) groups is 1. The van der Waals surface area contributed by atoms with Crippen molar-refractivity contribution in [2.75, 3.05) is 5.32 Å². The van der Waals surface area contributed by atoms with E-state index in [0.717, 1.165) is 33.7 Å². The van der Waals surface area contributed by atoms with Gasteiger partial charge in [0.25, 0.3) is 5.91 Å². The number of carbonyl (C=O) groups excluding carboxylic acids is 1. The van der Waals surface area contributed by atoms with Crippen molar-refractivity contribution >= 4 is 22.6 Å². The van der Waals surface area contributed by atoms with Crippen LogP contribution in [0.2, 0.25) is 0 Å². The van der Waals surface area contributed by atoms with E-state index in [1.54, 1.807) is 4.68 Å². The van der Waals surface area contributed by atoms with Crippen LogP contribution in [0.25, 0.3) is 16.7 Å². The van der Waals surface area contributed by atoms with Crippen molar-refractivity contribution in [1.82, 2.24) is 14.8 Å². The van der Waals surface area contributed by atoms with Gasteiger partial charge in [-0.2, -0.15) is 5.10 Å². The van der Waals surface area contributed by atoms with Crippen LogP contribution in [-0.2, 0) is 0 Å². The molecule has 0 spiro atoms. The van der Waals surface area contributed by atoms with Crippen LogP contribution in [0.5, 0.6) is 0 Å². The second-order valence-electron chi connectivity index (χ2n) is 6.66. The Balaban J connectivity index is 1.82. The fraction of sp³-hybridized carbons (Fsp3) is 0.136. The Bertz CT molecular complexity index is 1130. The number of nitrogens with zero attached hydrogens (tertiary/aromatic N) is 3. The average Bonchev–Trinajstić information content (AvgIpc) is 3.00. The van der Waals surface area contributed by atoms with Crippen molar-refractivity contribution in [1.29, 1.82) is 0 Å². The number of rotatable bonds is 3. The van der Waals surface area contributed by atoms with Crippen LogP contribution < -0.4 is 5.32 Å². The van der Waals surface area contributed by atoms with Gasteiger partial charge >= 0.3 is 0 Å². The average molecular weight is 356 g/mol. The largest absolute Gasteiger partial charge is 0.322 e. The van der Waals surface area contributed by atoms with Crippen molar-refractivity contribution in [2.45, 2.75) is 20.8 Å². The highest BCUT2D eigenvalue weighted by atomic mass is 16.1. The molecule has 0 bridgehead atoms. The Kier molecular flexibility index (Phi) is 4.20. The Labute approximate surface area is 157 Å². The van der Waals surface area contributed by atoms with Gasteiger partial charge in [0.15, 0.2) is 5.65 Å². The van der Waals surface area contributed by atoms with Crippen molar-refractivity contribution in [2.24, 2.45) is 0 Å². The molecule has 2 heterocycles. The van der Waals surface area contributed by atoms with Gasteiger partial charge in [0, 0.05) is 11.4 Å². The third-order valence-corrected chi connectivity index (χ3v) is 4.50. The second-order valence-corrected chi connectivity index (χ2v) is 6.66. The van der Waals surface area contributed by atoms with Gasteiger partial charge in [0.05, 0.1) is 22.3 Å². The van der Waals surface area contributed by atoms with Gasteiger partial charge in [-0.05, 0) is 51.1 Å². The molecule has 1 amide bonds. The van der Waals surface area contributed by atoms with E-state index in [0.29, 0.717) is 11.2 Å². The summed E-state index contributed by atoms with van der Waals surface area (Å²) in [5, 5.41) is 8.39. The molecule has 2 aromatic carbocycles. The summed E-state index contributed by atoms with van der Waals surface area (Å²) >= 11 is 0. The predicted molar refractivity (Wildman–Crippen MR) is 107 cm³/mol. The van der Waals surface area contributed by atoms with Crippen molar-refractivity contribution in [3.05, 3.63) is 83.2 Å². The van der Waals surface area contributed by atoms with Crippen LogP contribution in [0.15, 0.2) is 60.7 Å². The van der Waals surface area contributed by atoms with Gasteiger partial charge in [-0.25, -0.2) is 9.67 Å². The Morgan fingerprint density at radius 3 is 2.37 bits per heavy atom. The molecule has 0 atom stereocenters. The van der Waals surface area contributed by atoms with Gasteiger partial charge in [0.1, 0.15) is 0 Å². The Hall–Kier alpha value is -3.47. The van der Waals surface area contributed by atoms with E-state index in [1.165, 1.54) is 0 Å². The minimum Gasteiger partial charge on any atom is -0.322 e. The lowest BCUT2D eigenvalue weighted by Gasteiger charge is -2.09. The molecular weight excluding hydrogens is 336 g/mol. The number of hydrogen-bond acceptors (Lipinski definition) is 3. The number of anilines is 1. The second kappa shape index (κ2) is 6.68. The normalized spacial score (nSPS) is 10.9. The quantitative estimate of drug-likeness (QED) is 0.584. The summed E-state index contributed by atoms with van der Waals surface area (Å²) in [6.45, 7) is 5.81. The van der Waals surface area contributed by atoms with Gasteiger partial charge < -0.3 is 5.32 Å². The topological polar surface area (TPSA) is 59.8 Å². The number of aryl methyl sites for hydroxylation is 3. The van der Waals surface area contributed by atoms with Crippen LogP contribution in [0.4, 0.5) is 5.69 Å². The zero-order valence-corrected chi connectivity index (χ0v) is 15.5. The molecule has 0 aliphatic carbocycles. The number of nitrogens with one attached hydrogen (secondary N) is 1. The molecule has 0 unspecified atom stereocenters. The lowest BCUT2D eigenvalue weighted by Crippen LogP contribution is -2.13. The third-order valence-electron chi connectivity index (χ3n) is 4.50. The Morgan fingerprint density at radius 2 is 1.67 bits per heavy atom. The summed E-state index contributed by atoms with van der Waals surface area (Å²) in [7, 11) is 0. The maximum Gasteiger partial charge on any atom is 0.256 e. The Morgan fingerprint density at radius 1 is 0.963 bits per heavy atom. The van der Waals surface area contributed by atoms with Crippen molar-refractivity contribution in [3.8, 4) is 5.69 Å². The van der Waals surface area contributed by atoms with E-state index in [1.807, 2.05) is 81.4 Å². The van der Waals surface area contributed by atoms with Gasteiger partial charge in [-0.15, -0.1) is 0 Å². The number of fused-ring (bicyclic) bond motifs is 1. The number of hydrogen-bond donors (Lipinski definition) is 1. The van der Waals surface area contributed by atoms with E-state index in [-0.39, 0.29) is 5.91 Å². The van der Waals surface area contributed by atoms with Gasteiger partial charge in [-0.1, -0.05) is 35.9 Å². The van der Waals surface area contributed by atoms with E-state index in [4.69, 9.17) is 0 Å². The van der Waals surface area contributed by atoms with E-state index in [9.17, 15) is 4.79 Å². The monoisotopic (exact) mass is 356 g/mol. The van der Waals surface area contributed by atoms with Crippen LogP contribution in [0.3, 0.4) is 0 Å². The fourth-order valence-corrected chi connectivity index (χ4v) is 3.18. The van der Waals surface area contributed by atoms with Crippen LogP contribution in [0.1, 0.15) is 27.3 Å². The van der Waals surface area contributed by atoms with Gasteiger partial charge in [0.2, 0.25) is 0 Å². The van der Waals surface area contributed by atoms with Crippen molar-refractivity contribution in [3.63, 3.8) is 0 Å². The van der Waals surface area contributed by atoms with Crippen molar-refractivity contribution < 1.29 is 4.79 Å². The molecule has 0 aliphatic rings. The molecule has 0 radical (unpaired) electrons. The van der Waals surface area contributed by atoms with Crippen LogP contribution in [-0.4, -0.2) is 20.7 Å². The van der Waals surface area contributed by atoms with E-state index in [2.05, 4.69) is 15.4 Å². The smallest absolute Gasteiger partial charge is 0.256 e. The van der Waals surface area contributed by atoms with Crippen LogP contribution in [0, 0.1) is 20.8 Å². The number of para-hydroxylation sites is 1. The minimum absolute atomic E-state index is 0.162. The molecular formula is C22H20N4O. The predicted octanol–water partition coefficient (Wildman–Crippen LogP) is 4.60. The van der Waals surface area contributed by atoms with E-state index < -0.39 is 0 Å². The third kappa shape index (κ3) is 3.19. The number of aromatic nitrogens is 3. The summed E-state index contributed by atoms with van der Waals surface area (Å²) in [5.41, 5.74) is 5.64. The first-order valence-corrected chi connectivity index (χ1v) is 8.83. The summed E-state index contributed by atoms with van der Waals surface area (Å²) in [5.74, 6) is -0.162. The van der Waals surface area contributed by atoms with Crippen LogP contribution >= 0.6 is 0 Å². The molecule has 0 saturated carbocycles. The standard InChI is InChI=1S/C22H20N4O/c1-14-9-11-17(12-10-14)24-22(27)19-13-15(2)23-21-20(19)16(3)25-26(21)18-7-5-4-6-8-18/h4-13H,1-3H3,(H,24,27). The molecule has 4 rings (SSSR count). The number of pyridine rings is 1. The summed E-state index contributed by atoms with van der Waals surface area (Å²) in [4.78, 5) is 17.6. The lowest BCUT2D eigenvalue weighted by molar-refractivity contribution is 0.102. The molecule has 0 saturated heterocycles. The molecule has 1 N–H and O–H groups in total. The molecule has 0 fully saturated rings. The zero-order valence-electron chi connectivity index (χ0n) is 15.5.